The third kappa shape index (κ3) is 3.23. The first-order valence-corrected chi connectivity index (χ1v) is 8.23. The number of carbonyl (C=O) groups is 1. The van der Waals surface area contributed by atoms with Crippen LogP contribution in [0.15, 0.2) is 24.3 Å². The van der Waals surface area contributed by atoms with Gasteiger partial charge < -0.3 is 10.6 Å². The molecule has 0 aliphatic carbocycles. The second-order valence-corrected chi connectivity index (χ2v) is 6.17. The summed E-state index contributed by atoms with van der Waals surface area (Å²) in [6, 6.07) is 7.46. The lowest BCUT2D eigenvalue weighted by Gasteiger charge is -2.12. The Kier molecular flexibility index (Phi) is 4.63. The van der Waals surface area contributed by atoms with Crippen molar-refractivity contribution in [3.8, 4) is 5.69 Å². The predicted molar refractivity (Wildman–Crippen MR) is 88.9 cm³/mol. The first-order chi connectivity index (χ1) is 11.1. The fraction of sp³-hybridized carbons (Fsp3) is 0.438. The Morgan fingerprint density at radius 1 is 1.43 bits per heavy atom. The van der Waals surface area contributed by atoms with Gasteiger partial charge in [0.25, 0.3) is 5.91 Å². The molecule has 2 aromatic rings. The second kappa shape index (κ2) is 6.68. The van der Waals surface area contributed by atoms with Crippen molar-refractivity contribution in [3.05, 3.63) is 40.9 Å². The molecule has 0 bridgehead atoms. The smallest absolute Gasteiger partial charge is 0.293 e. The van der Waals surface area contributed by atoms with Crippen LogP contribution in [0.5, 0.6) is 0 Å². The van der Waals surface area contributed by atoms with Crippen molar-refractivity contribution in [1.82, 2.24) is 19.7 Å². The maximum Gasteiger partial charge on any atom is 0.293 e. The zero-order valence-electron chi connectivity index (χ0n) is 13.1. The van der Waals surface area contributed by atoms with Crippen LogP contribution in [0, 0.1) is 0 Å². The molecule has 23 heavy (non-hydrogen) atoms. The Morgan fingerprint density at radius 3 is 2.87 bits per heavy atom. The lowest BCUT2D eigenvalue weighted by molar-refractivity contribution is 0.0779. The van der Waals surface area contributed by atoms with Crippen molar-refractivity contribution in [2.45, 2.75) is 32.2 Å². The molecule has 1 amide bonds. The third-order valence-corrected chi connectivity index (χ3v) is 4.25. The van der Waals surface area contributed by atoms with E-state index in [1.807, 2.05) is 18.2 Å². The number of para-hydroxylation sites is 1. The molecule has 1 fully saturated rings. The largest absolute Gasteiger partial charge is 0.334 e. The number of rotatable bonds is 4. The Morgan fingerprint density at radius 2 is 2.22 bits per heavy atom. The Hall–Kier alpha value is -1.92. The zero-order chi connectivity index (χ0) is 16.4. The Labute approximate surface area is 140 Å². The van der Waals surface area contributed by atoms with Gasteiger partial charge in [0.1, 0.15) is 5.82 Å². The number of nitrogens with zero attached hydrogens (tertiary/aromatic N) is 4. The minimum absolute atomic E-state index is 0.0414. The van der Waals surface area contributed by atoms with Crippen molar-refractivity contribution in [2.75, 3.05) is 13.1 Å². The van der Waals surface area contributed by atoms with Crippen molar-refractivity contribution >= 4 is 17.5 Å². The highest BCUT2D eigenvalue weighted by Crippen LogP contribution is 2.21. The van der Waals surface area contributed by atoms with Gasteiger partial charge in [-0.15, -0.1) is 5.10 Å². The number of carbonyl (C=O) groups excluding carboxylic acids is 1. The van der Waals surface area contributed by atoms with E-state index >= 15 is 0 Å². The van der Waals surface area contributed by atoms with Crippen molar-refractivity contribution in [2.24, 2.45) is 5.73 Å². The number of halogens is 1. The van der Waals surface area contributed by atoms with Crippen molar-refractivity contribution < 1.29 is 4.79 Å². The van der Waals surface area contributed by atoms with Crippen LogP contribution in [-0.4, -0.2) is 44.7 Å². The van der Waals surface area contributed by atoms with E-state index in [9.17, 15) is 4.79 Å². The monoisotopic (exact) mass is 333 g/mol. The topological polar surface area (TPSA) is 77.0 Å². The first kappa shape index (κ1) is 16.0. The van der Waals surface area contributed by atoms with Gasteiger partial charge in [-0.1, -0.05) is 30.7 Å². The van der Waals surface area contributed by atoms with E-state index in [0.717, 1.165) is 30.8 Å². The zero-order valence-corrected chi connectivity index (χ0v) is 13.8. The average molecular weight is 334 g/mol. The van der Waals surface area contributed by atoms with E-state index in [1.165, 1.54) is 0 Å². The number of amides is 1. The number of likely N-dealkylation sites (tertiary alicyclic amines) is 1. The molecule has 0 radical (unpaired) electrons. The standard InChI is InChI=1S/C16H20ClN5O/c1-2-5-14-19-15(16(23)21-9-8-11(18)10-21)20-22(14)13-7-4-3-6-12(13)17/h3-4,6-7,11H,2,5,8-10,18H2,1H3/t11-/m1/s1. The van der Waals surface area contributed by atoms with E-state index in [1.54, 1.807) is 15.6 Å². The maximum atomic E-state index is 12.6. The van der Waals surface area contributed by atoms with E-state index in [4.69, 9.17) is 17.3 Å². The summed E-state index contributed by atoms with van der Waals surface area (Å²) in [5.74, 6) is 0.788. The summed E-state index contributed by atoms with van der Waals surface area (Å²) in [5.41, 5.74) is 6.62. The van der Waals surface area contributed by atoms with Gasteiger partial charge in [-0.25, -0.2) is 9.67 Å². The normalized spacial score (nSPS) is 17.7. The molecule has 0 spiro atoms. The van der Waals surface area contributed by atoms with Gasteiger partial charge >= 0.3 is 0 Å². The van der Waals surface area contributed by atoms with Crippen LogP contribution in [0.3, 0.4) is 0 Å². The minimum Gasteiger partial charge on any atom is -0.334 e. The van der Waals surface area contributed by atoms with Crippen LogP contribution in [0.4, 0.5) is 0 Å². The molecule has 2 heterocycles. The summed E-state index contributed by atoms with van der Waals surface area (Å²) >= 11 is 6.27. The Bertz CT molecular complexity index is 714. The van der Waals surface area contributed by atoms with Gasteiger partial charge in [-0.3, -0.25) is 4.79 Å². The quantitative estimate of drug-likeness (QED) is 0.929. The minimum atomic E-state index is -0.166. The van der Waals surface area contributed by atoms with Crippen LogP contribution in [-0.2, 0) is 6.42 Å². The number of aromatic nitrogens is 3. The predicted octanol–water partition coefficient (Wildman–Crippen LogP) is 2.05. The molecular formula is C16H20ClN5O. The molecule has 0 saturated carbocycles. The van der Waals surface area contributed by atoms with E-state index < -0.39 is 0 Å². The van der Waals surface area contributed by atoms with Gasteiger partial charge in [-0.2, -0.15) is 0 Å². The molecule has 6 nitrogen and oxygen atoms in total. The average Bonchev–Trinajstić information content (AvgIpc) is 3.14. The molecule has 1 aliphatic heterocycles. The van der Waals surface area contributed by atoms with Gasteiger partial charge in [0.15, 0.2) is 0 Å². The molecule has 1 atom stereocenters. The van der Waals surface area contributed by atoms with Crippen molar-refractivity contribution in [1.29, 1.82) is 0 Å². The molecule has 122 valence electrons. The van der Waals surface area contributed by atoms with Gasteiger partial charge in [0.05, 0.1) is 10.7 Å². The lowest BCUT2D eigenvalue weighted by Crippen LogP contribution is -2.32. The number of nitrogens with two attached hydrogens (primary N) is 1. The van der Waals surface area contributed by atoms with Crippen molar-refractivity contribution in [3.63, 3.8) is 0 Å². The van der Waals surface area contributed by atoms with Crippen LogP contribution >= 0.6 is 11.6 Å². The molecule has 2 N–H and O–H groups in total. The van der Waals surface area contributed by atoms with Gasteiger partial charge in [-0.05, 0) is 25.0 Å². The molecular weight excluding hydrogens is 314 g/mol. The second-order valence-electron chi connectivity index (χ2n) is 5.76. The number of hydrogen-bond donors (Lipinski definition) is 1. The van der Waals surface area contributed by atoms with Crippen LogP contribution in [0.25, 0.3) is 5.69 Å². The van der Waals surface area contributed by atoms with Gasteiger partial charge in [0, 0.05) is 25.6 Å². The fourth-order valence-corrected chi connectivity index (χ4v) is 2.97. The molecule has 7 heteroatoms. The number of aryl methyl sites for hydroxylation is 1. The van der Waals surface area contributed by atoms with E-state index in [-0.39, 0.29) is 17.8 Å². The maximum absolute atomic E-state index is 12.6. The molecule has 1 saturated heterocycles. The molecule has 3 rings (SSSR count). The highest BCUT2D eigenvalue weighted by atomic mass is 35.5. The molecule has 1 aliphatic rings. The van der Waals surface area contributed by atoms with Crippen LogP contribution in [0.1, 0.15) is 36.2 Å². The van der Waals surface area contributed by atoms with Crippen LogP contribution < -0.4 is 5.73 Å². The number of benzene rings is 1. The summed E-state index contributed by atoms with van der Waals surface area (Å²) < 4.78 is 1.68. The van der Waals surface area contributed by atoms with Gasteiger partial charge in [0.2, 0.25) is 5.82 Å². The summed E-state index contributed by atoms with van der Waals surface area (Å²) in [6.45, 7) is 3.28. The highest BCUT2D eigenvalue weighted by molar-refractivity contribution is 6.32. The molecule has 1 aromatic carbocycles. The summed E-state index contributed by atoms with van der Waals surface area (Å²) in [4.78, 5) is 18.7. The summed E-state index contributed by atoms with van der Waals surface area (Å²) in [6.07, 6.45) is 2.45. The first-order valence-electron chi connectivity index (χ1n) is 7.86. The highest BCUT2D eigenvalue weighted by Gasteiger charge is 2.28. The fourth-order valence-electron chi connectivity index (χ4n) is 2.75. The molecule has 1 aromatic heterocycles. The number of hydrogen-bond acceptors (Lipinski definition) is 4. The van der Waals surface area contributed by atoms with Crippen LogP contribution in [0.2, 0.25) is 5.02 Å². The summed E-state index contributed by atoms with van der Waals surface area (Å²) in [7, 11) is 0. The third-order valence-electron chi connectivity index (χ3n) is 3.93. The lowest BCUT2D eigenvalue weighted by atomic mass is 10.3. The SMILES string of the molecule is CCCc1nc(C(=O)N2CC[C@@H](N)C2)nn1-c1ccccc1Cl. The molecule has 0 unspecified atom stereocenters. The van der Waals surface area contributed by atoms with E-state index in [2.05, 4.69) is 17.0 Å². The van der Waals surface area contributed by atoms with E-state index in [0.29, 0.717) is 18.1 Å². The summed E-state index contributed by atoms with van der Waals surface area (Å²) in [5, 5.41) is 5.00. The Balaban J connectivity index is 1.96.